The van der Waals surface area contributed by atoms with Crippen LogP contribution in [0.25, 0.3) is 10.9 Å². The molecule has 0 bridgehead atoms. The van der Waals surface area contributed by atoms with E-state index in [0.717, 1.165) is 19.6 Å². The molecular formula is C24H37N3O. The zero-order chi connectivity index (χ0) is 19.7. The van der Waals surface area contributed by atoms with E-state index in [4.69, 9.17) is 0 Å². The number of likely N-dealkylation sites (tertiary alicyclic amines) is 2. The first-order chi connectivity index (χ1) is 13.5. The summed E-state index contributed by atoms with van der Waals surface area (Å²) in [5.41, 5.74) is 5.64. The number of nitrogens with zero attached hydrogens (tertiary/aromatic N) is 2. The number of aliphatic hydroxyl groups is 1. The van der Waals surface area contributed by atoms with E-state index in [9.17, 15) is 5.11 Å². The monoisotopic (exact) mass is 383 g/mol. The van der Waals surface area contributed by atoms with Gasteiger partial charge in [0.1, 0.15) is 0 Å². The highest BCUT2D eigenvalue weighted by Crippen LogP contribution is 2.45. The highest BCUT2D eigenvalue weighted by Gasteiger charge is 2.44. The lowest BCUT2D eigenvalue weighted by Crippen LogP contribution is -2.53. The van der Waals surface area contributed by atoms with Crippen LogP contribution >= 0.6 is 0 Å². The topological polar surface area (TPSA) is 42.5 Å². The van der Waals surface area contributed by atoms with E-state index < -0.39 is 0 Å². The summed E-state index contributed by atoms with van der Waals surface area (Å²) >= 11 is 0. The summed E-state index contributed by atoms with van der Waals surface area (Å²) in [6.45, 7) is 13.8. The van der Waals surface area contributed by atoms with Gasteiger partial charge in [-0.2, -0.15) is 0 Å². The molecule has 2 aliphatic heterocycles. The molecule has 0 amide bonds. The van der Waals surface area contributed by atoms with E-state index in [2.05, 4.69) is 53.8 Å². The van der Waals surface area contributed by atoms with Crippen molar-refractivity contribution in [2.75, 3.05) is 39.3 Å². The number of fused-ring (bicyclic) bond motifs is 1. The van der Waals surface area contributed by atoms with E-state index >= 15 is 0 Å². The summed E-state index contributed by atoms with van der Waals surface area (Å²) in [4.78, 5) is 8.83. The number of aromatic nitrogens is 1. The van der Waals surface area contributed by atoms with Crippen LogP contribution in [0.15, 0.2) is 18.2 Å². The van der Waals surface area contributed by atoms with Crippen LogP contribution in [0.3, 0.4) is 0 Å². The molecule has 3 heterocycles. The van der Waals surface area contributed by atoms with Gasteiger partial charge < -0.3 is 15.0 Å². The van der Waals surface area contributed by atoms with Crippen molar-refractivity contribution in [3.05, 3.63) is 35.0 Å². The molecule has 1 aromatic carbocycles. The predicted octanol–water partition coefficient (Wildman–Crippen LogP) is 4.09. The lowest BCUT2D eigenvalue weighted by Gasteiger charge is -2.51. The van der Waals surface area contributed by atoms with Gasteiger partial charge in [-0.15, -0.1) is 0 Å². The molecule has 1 spiro atoms. The molecule has 1 atom stereocenters. The Bertz CT molecular complexity index is 804. The predicted molar refractivity (Wildman–Crippen MR) is 117 cm³/mol. The molecule has 2 N–H and O–H groups in total. The van der Waals surface area contributed by atoms with Crippen LogP contribution in [-0.4, -0.2) is 59.2 Å². The third kappa shape index (κ3) is 3.74. The maximum atomic E-state index is 10.2. The average Bonchev–Trinajstić information content (AvgIpc) is 3.00. The van der Waals surface area contributed by atoms with Crippen molar-refractivity contribution < 1.29 is 5.11 Å². The Morgan fingerprint density at radius 1 is 1.11 bits per heavy atom. The first-order valence-electron chi connectivity index (χ1n) is 11.2. The molecule has 1 aromatic heterocycles. The first kappa shape index (κ1) is 19.9. The number of piperidine rings is 2. The minimum absolute atomic E-state index is 0.329. The second-order valence-electron chi connectivity index (χ2n) is 9.35. The molecule has 4 heteroatoms. The number of benzene rings is 1. The molecule has 0 aliphatic carbocycles. The van der Waals surface area contributed by atoms with Gasteiger partial charge in [0.2, 0.25) is 0 Å². The van der Waals surface area contributed by atoms with Gasteiger partial charge in [-0.05, 0) is 88.8 Å². The van der Waals surface area contributed by atoms with Gasteiger partial charge in [-0.25, -0.2) is 0 Å². The Kier molecular flexibility index (Phi) is 5.82. The van der Waals surface area contributed by atoms with Crippen LogP contribution in [0.2, 0.25) is 0 Å². The highest BCUT2D eigenvalue weighted by molar-refractivity contribution is 5.85. The van der Waals surface area contributed by atoms with E-state index in [0.29, 0.717) is 17.9 Å². The third-order valence-corrected chi connectivity index (χ3v) is 7.58. The fourth-order valence-corrected chi connectivity index (χ4v) is 5.65. The lowest BCUT2D eigenvalue weighted by molar-refractivity contribution is -0.0439. The van der Waals surface area contributed by atoms with Crippen molar-refractivity contribution in [3.8, 4) is 0 Å². The van der Waals surface area contributed by atoms with Gasteiger partial charge in [0, 0.05) is 42.2 Å². The van der Waals surface area contributed by atoms with E-state index in [1.165, 1.54) is 73.0 Å². The van der Waals surface area contributed by atoms with Crippen molar-refractivity contribution in [1.29, 1.82) is 0 Å². The quantitative estimate of drug-likeness (QED) is 0.817. The van der Waals surface area contributed by atoms with Gasteiger partial charge in [-0.1, -0.05) is 18.6 Å². The van der Waals surface area contributed by atoms with Crippen LogP contribution in [0.1, 0.15) is 49.4 Å². The van der Waals surface area contributed by atoms with Gasteiger partial charge in [0.05, 0.1) is 0 Å². The van der Waals surface area contributed by atoms with Crippen LogP contribution in [0.4, 0.5) is 0 Å². The molecule has 2 aromatic rings. The molecule has 154 valence electrons. The molecule has 4 rings (SSSR count). The van der Waals surface area contributed by atoms with Crippen molar-refractivity contribution in [2.24, 2.45) is 11.3 Å². The Balaban J connectivity index is 1.44. The summed E-state index contributed by atoms with van der Waals surface area (Å²) in [6.07, 6.45) is 5.00. The van der Waals surface area contributed by atoms with Gasteiger partial charge in [-0.3, -0.25) is 4.90 Å². The molecule has 28 heavy (non-hydrogen) atoms. The molecule has 2 aliphatic rings. The van der Waals surface area contributed by atoms with Gasteiger partial charge in [0.25, 0.3) is 0 Å². The van der Waals surface area contributed by atoms with E-state index in [1.54, 1.807) is 0 Å². The van der Waals surface area contributed by atoms with Crippen LogP contribution < -0.4 is 0 Å². The third-order valence-electron chi connectivity index (χ3n) is 7.58. The summed E-state index contributed by atoms with van der Waals surface area (Å²) in [5, 5.41) is 11.6. The van der Waals surface area contributed by atoms with Crippen LogP contribution in [-0.2, 0) is 6.54 Å². The number of rotatable bonds is 5. The molecule has 0 saturated carbocycles. The number of hydrogen-bond acceptors (Lipinski definition) is 3. The van der Waals surface area contributed by atoms with Crippen molar-refractivity contribution >= 4 is 10.9 Å². The summed E-state index contributed by atoms with van der Waals surface area (Å²) in [5.74, 6) is 0.414. The second-order valence-corrected chi connectivity index (χ2v) is 9.35. The summed E-state index contributed by atoms with van der Waals surface area (Å²) in [7, 11) is 0. The van der Waals surface area contributed by atoms with Crippen molar-refractivity contribution in [2.45, 2.75) is 53.0 Å². The zero-order valence-electron chi connectivity index (χ0n) is 17.9. The van der Waals surface area contributed by atoms with Crippen molar-refractivity contribution in [1.82, 2.24) is 14.8 Å². The maximum Gasteiger partial charge on any atom is 0.0476 e. The van der Waals surface area contributed by atoms with E-state index in [-0.39, 0.29) is 0 Å². The fourth-order valence-electron chi connectivity index (χ4n) is 5.65. The number of aryl methyl sites for hydroxylation is 2. The molecule has 0 radical (unpaired) electrons. The SMILES string of the molecule is CCCN1CCC2(CC1)CCN(Cc1[nH]c3ccc(C)cc3c1C)C[C@H]2CO. The fraction of sp³-hybridized carbons (Fsp3) is 0.667. The Labute approximate surface area is 169 Å². The summed E-state index contributed by atoms with van der Waals surface area (Å²) in [6, 6.07) is 6.67. The van der Waals surface area contributed by atoms with Crippen LogP contribution in [0.5, 0.6) is 0 Å². The van der Waals surface area contributed by atoms with E-state index in [1.807, 2.05) is 0 Å². The Hall–Kier alpha value is -1.36. The molecule has 2 saturated heterocycles. The standard InChI is InChI=1S/C24H37N3O/c1-4-10-26-11-7-24(8-12-26)9-13-27(15-20(24)17-28)16-23-19(3)21-14-18(2)5-6-22(21)25-23/h5-6,14,20,25,28H,4,7-13,15-17H2,1-3H3/t20-/m0/s1. The van der Waals surface area contributed by atoms with Crippen LogP contribution in [0, 0.1) is 25.2 Å². The minimum atomic E-state index is 0.329. The molecular weight excluding hydrogens is 346 g/mol. The normalized spacial score (nSPS) is 23.6. The zero-order valence-corrected chi connectivity index (χ0v) is 17.9. The largest absolute Gasteiger partial charge is 0.396 e. The summed E-state index contributed by atoms with van der Waals surface area (Å²) < 4.78 is 0. The molecule has 2 fully saturated rings. The first-order valence-corrected chi connectivity index (χ1v) is 11.2. The number of aromatic amines is 1. The lowest BCUT2D eigenvalue weighted by atomic mass is 9.64. The Morgan fingerprint density at radius 2 is 1.82 bits per heavy atom. The smallest absolute Gasteiger partial charge is 0.0476 e. The Morgan fingerprint density at radius 3 is 2.50 bits per heavy atom. The molecule has 0 unspecified atom stereocenters. The number of aliphatic hydroxyl groups excluding tert-OH is 1. The van der Waals surface area contributed by atoms with Gasteiger partial charge in [0.15, 0.2) is 0 Å². The van der Waals surface area contributed by atoms with Crippen molar-refractivity contribution in [3.63, 3.8) is 0 Å². The maximum absolute atomic E-state index is 10.2. The second kappa shape index (κ2) is 8.17. The number of hydrogen-bond donors (Lipinski definition) is 2. The highest BCUT2D eigenvalue weighted by atomic mass is 16.3. The average molecular weight is 384 g/mol. The van der Waals surface area contributed by atoms with Gasteiger partial charge >= 0.3 is 0 Å². The minimum Gasteiger partial charge on any atom is -0.396 e. The number of nitrogens with one attached hydrogen (secondary N) is 1. The number of H-pyrrole nitrogens is 1. The molecule has 4 nitrogen and oxygen atoms in total.